The second-order valence-corrected chi connectivity index (χ2v) is 3.23. The van der Waals surface area contributed by atoms with Crippen LogP contribution in [0.5, 0.6) is 0 Å². The summed E-state index contributed by atoms with van der Waals surface area (Å²) in [7, 11) is 0. The highest BCUT2D eigenvalue weighted by atomic mass is 16.5. The molecule has 76 valence electrons. The zero-order valence-corrected chi connectivity index (χ0v) is 8.48. The lowest BCUT2D eigenvalue weighted by Gasteiger charge is -2.12. The van der Waals surface area contributed by atoms with Gasteiger partial charge in [0.2, 0.25) is 0 Å². The van der Waals surface area contributed by atoms with E-state index in [1.165, 1.54) is 0 Å². The van der Waals surface area contributed by atoms with Crippen molar-refractivity contribution in [2.24, 2.45) is 0 Å². The summed E-state index contributed by atoms with van der Waals surface area (Å²) >= 11 is 0. The first-order valence-corrected chi connectivity index (χ1v) is 4.96. The van der Waals surface area contributed by atoms with E-state index in [9.17, 15) is 4.79 Å². The molecule has 0 N–H and O–H groups in total. The van der Waals surface area contributed by atoms with Crippen molar-refractivity contribution in [1.82, 2.24) is 0 Å². The smallest absolute Gasteiger partial charge is 0.122 e. The molecule has 0 saturated heterocycles. The van der Waals surface area contributed by atoms with E-state index < -0.39 is 0 Å². The van der Waals surface area contributed by atoms with Crippen LogP contribution in [0, 0.1) is 0 Å². The maximum absolute atomic E-state index is 10.3. The Morgan fingerprint density at radius 2 is 2.07 bits per heavy atom. The molecule has 0 unspecified atom stereocenters. The highest BCUT2D eigenvalue weighted by Gasteiger charge is 2.05. The molecule has 0 aliphatic carbocycles. The van der Waals surface area contributed by atoms with Gasteiger partial charge in [-0.15, -0.1) is 0 Å². The average molecular weight is 192 g/mol. The second-order valence-electron chi connectivity index (χ2n) is 3.23. The van der Waals surface area contributed by atoms with Gasteiger partial charge >= 0.3 is 0 Å². The van der Waals surface area contributed by atoms with E-state index >= 15 is 0 Å². The van der Waals surface area contributed by atoms with Crippen LogP contribution in [0.2, 0.25) is 0 Å². The first-order valence-electron chi connectivity index (χ1n) is 4.96. The fourth-order valence-electron chi connectivity index (χ4n) is 1.25. The molecule has 1 aromatic carbocycles. The van der Waals surface area contributed by atoms with Gasteiger partial charge in [-0.05, 0) is 12.0 Å². The Morgan fingerprint density at radius 1 is 1.36 bits per heavy atom. The minimum absolute atomic E-state index is 0.0627. The lowest BCUT2D eigenvalue weighted by Crippen LogP contribution is -2.11. The van der Waals surface area contributed by atoms with Gasteiger partial charge in [0.1, 0.15) is 6.29 Å². The highest BCUT2D eigenvalue weighted by Crippen LogP contribution is 2.07. The second kappa shape index (κ2) is 6.33. The van der Waals surface area contributed by atoms with Crippen molar-refractivity contribution >= 4 is 6.29 Å². The van der Waals surface area contributed by atoms with Gasteiger partial charge < -0.3 is 9.53 Å². The molecule has 0 amide bonds. The summed E-state index contributed by atoms with van der Waals surface area (Å²) in [6.45, 7) is 2.62. The summed E-state index contributed by atoms with van der Waals surface area (Å²) in [6.07, 6.45) is 2.35. The van der Waals surface area contributed by atoms with Crippen LogP contribution in [0.15, 0.2) is 30.3 Å². The third-order valence-electron chi connectivity index (χ3n) is 2.14. The molecular weight excluding hydrogens is 176 g/mol. The van der Waals surface area contributed by atoms with Gasteiger partial charge in [0.15, 0.2) is 0 Å². The van der Waals surface area contributed by atoms with Crippen LogP contribution in [-0.4, -0.2) is 12.4 Å². The quantitative estimate of drug-likeness (QED) is 0.647. The fraction of sp³-hybridized carbons (Fsp3) is 0.417. The molecule has 0 aliphatic rings. The van der Waals surface area contributed by atoms with Crippen LogP contribution in [-0.2, 0) is 16.1 Å². The van der Waals surface area contributed by atoms with Crippen LogP contribution in [0.4, 0.5) is 0 Å². The van der Waals surface area contributed by atoms with E-state index in [1.54, 1.807) is 0 Å². The molecule has 0 heterocycles. The lowest BCUT2D eigenvalue weighted by atomic mass is 10.2. The number of hydrogen-bond acceptors (Lipinski definition) is 2. The van der Waals surface area contributed by atoms with Gasteiger partial charge in [0.05, 0.1) is 12.7 Å². The SMILES string of the molecule is CC[C@@H](CC=O)OCc1ccccc1. The van der Waals surface area contributed by atoms with Gasteiger partial charge in [-0.3, -0.25) is 0 Å². The molecule has 0 bridgehead atoms. The van der Waals surface area contributed by atoms with E-state index in [1.807, 2.05) is 37.3 Å². The summed E-state index contributed by atoms with van der Waals surface area (Å²) in [5.74, 6) is 0. The Morgan fingerprint density at radius 3 is 2.64 bits per heavy atom. The van der Waals surface area contributed by atoms with E-state index in [4.69, 9.17) is 4.74 Å². The van der Waals surface area contributed by atoms with Crippen molar-refractivity contribution in [2.45, 2.75) is 32.5 Å². The molecule has 0 fully saturated rings. The molecule has 0 radical (unpaired) electrons. The molecule has 0 spiro atoms. The summed E-state index contributed by atoms with van der Waals surface area (Å²) in [5.41, 5.74) is 1.15. The van der Waals surface area contributed by atoms with Gasteiger partial charge in [-0.1, -0.05) is 37.3 Å². The van der Waals surface area contributed by atoms with Crippen LogP contribution in [0.25, 0.3) is 0 Å². The normalized spacial score (nSPS) is 12.4. The largest absolute Gasteiger partial charge is 0.373 e. The van der Waals surface area contributed by atoms with Crippen LogP contribution >= 0.6 is 0 Å². The Bertz CT molecular complexity index is 256. The van der Waals surface area contributed by atoms with Gasteiger partial charge in [0.25, 0.3) is 0 Å². The summed E-state index contributed by atoms with van der Waals surface area (Å²) in [4.78, 5) is 10.3. The van der Waals surface area contributed by atoms with Crippen LogP contribution < -0.4 is 0 Å². The highest BCUT2D eigenvalue weighted by molar-refractivity contribution is 5.50. The van der Waals surface area contributed by atoms with Crippen molar-refractivity contribution in [1.29, 1.82) is 0 Å². The molecule has 0 saturated carbocycles. The minimum atomic E-state index is 0.0627. The zero-order valence-electron chi connectivity index (χ0n) is 8.48. The minimum Gasteiger partial charge on any atom is -0.373 e. The topological polar surface area (TPSA) is 26.3 Å². The fourth-order valence-corrected chi connectivity index (χ4v) is 1.25. The number of aldehydes is 1. The number of benzene rings is 1. The Labute approximate surface area is 84.9 Å². The first kappa shape index (κ1) is 10.9. The van der Waals surface area contributed by atoms with Crippen molar-refractivity contribution in [2.75, 3.05) is 0 Å². The predicted molar refractivity (Wildman–Crippen MR) is 56.0 cm³/mol. The number of carbonyl (C=O) groups is 1. The van der Waals surface area contributed by atoms with E-state index in [0.29, 0.717) is 13.0 Å². The van der Waals surface area contributed by atoms with Gasteiger partial charge in [0, 0.05) is 6.42 Å². The standard InChI is InChI=1S/C12H16O2/c1-2-12(8-9-13)14-10-11-6-4-3-5-7-11/h3-7,9,12H,2,8,10H2,1H3/t12-/m0/s1. The summed E-state index contributed by atoms with van der Waals surface area (Å²) < 4.78 is 5.59. The van der Waals surface area contributed by atoms with Crippen molar-refractivity contribution in [3.05, 3.63) is 35.9 Å². The maximum Gasteiger partial charge on any atom is 0.122 e. The molecule has 1 atom stereocenters. The molecule has 1 rings (SSSR count). The molecule has 2 nitrogen and oxygen atoms in total. The predicted octanol–water partition coefficient (Wildman–Crippen LogP) is 2.57. The summed E-state index contributed by atoms with van der Waals surface area (Å²) in [5, 5.41) is 0. The van der Waals surface area contributed by atoms with E-state index in [2.05, 4.69) is 0 Å². The molecule has 1 aromatic rings. The molecule has 14 heavy (non-hydrogen) atoms. The van der Waals surface area contributed by atoms with Gasteiger partial charge in [-0.25, -0.2) is 0 Å². The zero-order chi connectivity index (χ0) is 10.2. The number of hydrogen-bond donors (Lipinski definition) is 0. The molecule has 0 aliphatic heterocycles. The van der Waals surface area contributed by atoms with Crippen LogP contribution in [0.1, 0.15) is 25.3 Å². The molecular formula is C12H16O2. The van der Waals surface area contributed by atoms with Crippen molar-refractivity contribution in [3.63, 3.8) is 0 Å². The third-order valence-corrected chi connectivity index (χ3v) is 2.14. The number of rotatable bonds is 6. The number of ether oxygens (including phenoxy) is 1. The lowest BCUT2D eigenvalue weighted by molar-refractivity contribution is -0.110. The Kier molecular flexibility index (Phi) is 4.94. The van der Waals surface area contributed by atoms with E-state index in [0.717, 1.165) is 18.3 Å². The number of carbonyl (C=O) groups excluding carboxylic acids is 1. The maximum atomic E-state index is 10.3. The molecule has 2 heteroatoms. The van der Waals surface area contributed by atoms with Gasteiger partial charge in [-0.2, -0.15) is 0 Å². The van der Waals surface area contributed by atoms with Crippen molar-refractivity contribution in [3.8, 4) is 0 Å². The Balaban J connectivity index is 2.35. The Hall–Kier alpha value is -1.15. The average Bonchev–Trinajstić information content (AvgIpc) is 2.25. The summed E-state index contributed by atoms with van der Waals surface area (Å²) in [6, 6.07) is 9.99. The van der Waals surface area contributed by atoms with Crippen LogP contribution in [0.3, 0.4) is 0 Å². The molecule has 0 aromatic heterocycles. The van der Waals surface area contributed by atoms with Crippen molar-refractivity contribution < 1.29 is 9.53 Å². The third kappa shape index (κ3) is 3.71. The first-order chi connectivity index (χ1) is 6.86. The van der Waals surface area contributed by atoms with E-state index in [-0.39, 0.29) is 6.10 Å². The monoisotopic (exact) mass is 192 g/mol.